The maximum Gasteiger partial charge on any atom is 0.490 e. The number of aromatic nitrogens is 2. The SMILES string of the molecule is Clc1ccccc1CCNCc1ccc(Oc2ccc3nc[nH]c3c2)cc1.O=C(O)C(F)(F)F.O=C(O)C(F)(F)F. The van der Waals surface area contributed by atoms with Crippen LogP contribution in [0.4, 0.5) is 26.3 Å². The standard InChI is InChI=1S/C22H20ClN3O.2C2HF3O2/c23-20-4-2-1-3-17(20)11-12-24-14-16-5-7-18(8-6-16)27-19-9-10-21-22(13-19)26-15-25-21;2*3-2(4,5)1(6)7/h1-10,13,15,24H,11-12,14H2,(H,25,26);2*(H,6,7). The molecule has 3 aromatic carbocycles. The minimum absolute atomic E-state index is 0.789. The van der Waals surface area contributed by atoms with Crippen LogP contribution in [-0.2, 0) is 22.6 Å². The second-order valence-corrected chi connectivity index (χ2v) is 8.36. The Labute approximate surface area is 233 Å². The average Bonchev–Trinajstić information content (AvgIpc) is 3.36. The number of hydrogen-bond acceptors (Lipinski definition) is 5. The van der Waals surface area contributed by atoms with E-state index in [1.54, 1.807) is 6.33 Å². The number of halogens is 7. The van der Waals surface area contributed by atoms with Gasteiger partial charge in [0, 0.05) is 17.6 Å². The first-order valence-corrected chi connectivity index (χ1v) is 11.8. The molecular weight excluding hydrogens is 584 g/mol. The number of rotatable bonds is 7. The topological polar surface area (TPSA) is 125 Å². The van der Waals surface area contributed by atoms with Crippen molar-refractivity contribution in [2.45, 2.75) is 25.3 Å². The van der Waals surface area contributed by atoms with Gasteiger partial charge in [-0.25, -0.2) is 14.6 Å². The molecule has 0 saturated carbocycles. The van der Waals surface area contributed by atoms with Crippen molar-refractivity contribution in [1.82, 2.24) is 15.3 Å². The van der Waals surface area contributed by atoms with E-state index in [1.165, 1.54) is 11.1 Å². The highest BCUT2D eigenvalue weighted by molar-refractivity contribution is 6.31. The summed E-state index contributed by atoms with van der Waals surface area (Å²) in [6.07, 6.45) is -7.57. The zero-order valence-corrected chi connectivity index (χ0v) is 21.5. The van der Waals surface area contributed by atoms with Crippen LogP contribution in [0.15, 0.2) is 73.1 Å². The van der Waals surface area contributed by atoms with E-state index in [2.05, 4.69) is 33.5 Å². The Morgan fingerprint density at radius 3 is 2.00 bits per heavy atom. The van der Waals surface area contributed by atoms with E-state index in [-0.39, 0.29) is 0 Å². The number of hydrogen-bond donors (Lipinski definition) is 4. The maximum atomic E-state index is 10.6. The number of aromatic amines is 1. The monoisotopic (exact) mass is 605 g/mol. The van der Waals surface area contributed by atoms with E-state index in [9.17, 15) is 26.3 Å². The quantitative estimate of drug-likeness (QED) is 0.138. The zero-order chi connectivity index (χ0) is 30.6. The first-order valence-electron chi connectivity index (χ1n) is 11.4. The summed E-state index contributed by atoms with van der Waals surface area (Å²) >= 11 is 6.18. The number of carboxylic acid groups (broad SMARTS) is 2. The lowest BCUT2D eigenvalue weighted by atomic mass is 10.1. The summed E-state index contributed by atoms with van der Waals surface area (Å²) < 4.78 is 69.4. The minimum Gasteiger partial charge on any atom is -0.475 e. The Hall–Kier alpha value is -4.30. The van der Waals surface area contributed by atoms with Gasteiger partial charge in [0.25, 0.3) is 0 Å². The van der Waals surface area contributed by atoms with Crippen molar-refractivity contribution >= 4 is 34.6 Å². The summed E-state index contributed by atoms with van der Waals surface area (Å²) in [6, 6.07) is 21.9. The van der Waals surface area contributed by atoms with Gasteiger partial charge in [-0.05, 0) is 54.4 Å². The first-order chi connectivity index (χ1) is 19.2. The van der Waals surface area contributed by atoms with E-state index in [0.29, 0.717) is 0 Å². The molecule has 0 radical (unpaired) electrons. The number of imidazole rings is 1. The van der Waals surface area contributed by atoms with Crippen LogP contribution in [0.1, 0.15) is 11.1 Å². The molecule has 4 rings (SSSR count). The van der Waals surface area contributed by atoms with Gasteiger partial charge in [0.05, 0.1) is 17.4 Å². The van der Waals surface area contributed by atoms with Gasteiger partial charge in [-0.2, -0.15) is 26.3 Å². The lowest BCUT2D eigenvalue weighted by Gasteiger charge is -2.09. The summed E-state index contributed by atoms with van der Waals surface area (Å²) in [4.78, 5) is 25.1. The molecule has 0 fully saturated rings. The molecule has 1 aromatic heterocycles. The van der Waals surface area contributed by atoms with Gasteiger partial charge in [0.15, 0.2) is 0 Å². The third-order valence-corrected chi connectivity index (χ3v) is 5.26. The number of carbonyl (C=O) groups is 2. The van der Waals surface area contributed by atoms with Crippen molar-refractivity contribution in [3.8, 4) is 11.5 Å². The number of nitrogens with zero attached hydrogens (tertiary/aromatic N) is 1. The Bertz CT molecular complexity index is 1400. The highest BCUT2D eigenvalue weighted by Crippen LogP contribution is 2.24. The van der Waals surface area contributed by atoms with Crippen molar-refractivity contribution in [2.75, 3.05) is 6.54 Å². The number of ether oxygens (including phenoxy) is 1. The van der Waals surface area contributed by atoms with E-state index in [1.807, 2.05) is 48.5 Å². The smallest absolute Gasteiger partial charge is 0.475 e. The van der Waals surface area contributed by atoms with Crippen LogP contribution < -0.4 is 10.1 Å². The Morgan fingerprint density at radius 2 is 1.44 bits per heavy atom. The fourth-order valence-corrected chi connectivity index (χ4v) is 3.18. The van der Waals surface area contributed by atoms with Crippen LogP contribution in [-0.4, -0.2) is 51.0 Å². The minimum atomic E-state index is -5.08. The highest BCUT2D eigenvalue weighted by atomic mass is 35.5. The molecule has 4 aromatic rings. The number of nitrogens with one attached hydrogen (secondary N) is 2. The van der Waals surface area contributed by atoms with Crippen LogP contribution in [0, 0.1) is 0 Å². The Kier molecular flexibility index (Phi) is 12.0. The Morgan fingerprint density at radius 1 is 0.878 bits per heavy atom. The van der Waals surface area contributed by atoms with Crippen LogP contribution >= 0.6 is 11.6 Å². The van der Waals surface area contributed by atoms with E-state index in [0.717, 1.165) is 47.1 Å². The molecule has 0 spiro atoms. The lowest BCUT2D eigenvalue weighted by Crippen LogP contribution is -2.21. The largest absolute Gasteiger partial charge is 0.490 e. The van der Waals surface area contributed by atoms with Crippen LogP contribution in [0.25, 0.3) is 11.0 Å². The van der Waals surface area contributed by atoms with Crippen molar-refractivity contribution in [3.05, 3.63) is 89.2 Å². The van der Waals surface area contributed by atoms with Gasteiger partial charge in [-0.15, -0.1) is 0 Å². The molecule has 0 aliphatic rings. The van der Waals surface area contributed by atoms with Crippen LogP contribution in [0.2, 0.25) is 5.02 Å². The fourth-order valence-electron chi connectivity index (χ4n) is 2.95. The molecule has 220 valence electrons. The highest BCUT2D eigenvalue weighted by Gasteiger charge is 2.38. The Balaban J connectivity index is 0.000000349. The normalized spacial score (nSPS) is 11.1. The summed E-state index contributed by atoms with van der Waals surface area (Å²) in [6.45, 7) is 1.69. The van der Waals surface area contributed by atoms with Crippen molar-refractivity contribution in [1.29, 1.82) is 0 Å². The third-order valence-electron chi connectivity index (χ3n) is 4.89. The summed E-state index contributed by atoms with van der Waals surface area (Å²) in [5, 5.41) is 18.5. The van der Waals surface area contributed by atoms with E-state index >= 15 is 0 Å². The molecule has 4 N–H and O–H groups in total. The van der Waals surface area contributed by atoms with Gasteiger partial charge in [0.1, 0.15) is 11.5 Å². The molecule has 15 heteroatoms. The molecule has 0 unspecified atom stereocenters. The fraction of sp³-hybridized carbons (Fsp3) is 0.192. The molecule has 0 aliphatic heterocycles. The molecule has 8 nitrogen and oxygen atoms in total. The first kappa shape index (κ1) is 32.9. The van der Waals surface area contributed by atoms with Crippen molar-refractivity contribution in [2.24, 2.45) is 0 Å². The third kappa shape index (κ3) is 11.8. The number of H-pyrrole nitrogens is 1. The van der Waals surface area contributed by atoms with E-state index < -0.39 is 24.3 Å². The van der Waals surface area contributed by atoms with E-state index in [4.69, 9.17) is 36.1 Å². The summed E-state index contributed by atoms with van der Waals surface area (Å²) in [7, 11) is 0. The molecule has 1 heterocycles. The van der Waals surface area contributed by atoms with Crippen molar-refractivity contribution < 1.29 is 50.9 Å². The summed E-state index contributed by atoms with van der Waals surface area (Å²) in [5.74, 6) is -3.91. The maximum absolute atomic E-state index is 10.6. The van der Waals surface area contributed by atoms with Crippen LogP contribution in [0.5, 0.6) is 11.5 Å². The molecule has 0 aliphatic carbocycles. The predicted octanol–water partition coefficient (Wildman–Crippen LogP) is 6.61. The lowest BCUT2D eigenvalue weighted by molar-refractivity contribution is -0.193. The zero-order valence-electron chi connectivity index (χ0n) is 20.8. The number of carboxylic acids is 2. The second kappa shape index (κ2) is 14.9. The molecular formula is C26H22ClF6N3O5. The van der Waals surface area contributed by atoms with Gasteiger partial charge >= 0.3 is 24.3 Å². The number of alkyl halides is 6. The number of benzene rings is 3. The van der Waals surface area contributed by atoms with Crippen LogP contribution in [0.3, 0.4) is 0 Å². The number of aliphatic carboxylic acids is 2. The number of fused-ring (bicyclic) bond motifs is 1. The second-order valence-electron chi connectivity index (χ2n) is 7.95. The predicted molar refractivity (Wildman–Crippen MR) is 137 cm³/mol. The van der Waals surface area contributed by atoms with Gasteiger partial charge in [0.2, 0.25) is 0 Å². The van der Waals surface area contributed by atoms with Crippen molar-refractivity contribution in [3.63, 3.8) is 0 Å². The molecule has 0 bridgehead atoms. The molecule has 0 atom stereocenters. The average molecular weight is 606 g/mol. The summed E-state index contributed by atoms with van der Waals surface area (Å²) in [5.41, 5.74) is 4.28. The van der Waals surface area contributed by atoms with Gasteiger partial charge in [-0.1, -0.05) is 41.9 Å². The molecule has 0 saturated heterocycles. The van der Waals surface area contributed by atoms with Gasteiger partial charge < -0.3 is 25.3 Å². The molecule has 41 heavy (non-hydrogen) atoms. The van der Waals surface area contributed by atoms with Gasteiger partial charge in [-0.3, -0.25) is 0 Å². The molecule has 0 amide bonds.